The second kappa shape index (κ2) is 6.31. The predicted molar refractivity (Wildman–Crippen MR) is 91.7 cm³/mol. The normalized spacial score (nSPS) is 23.4. The lowest BCUT2D eigenvalue weighted by Crippen LogP contribution is -2.44. The molecule has 0 fully saturated rings. The SMILES string of the molecule is CCN(CC)CC1(Cl)Oc2ccccc2C1c1ccccc1. The summed E-state index contributed by atoms with van der Waals surface area (Å²) >= 11 is 7.02. The minimum atomic E-state index is -0.753. The van der Waals surface area contributed by atoms with Gasteiger partial charge in [-0.25, -0.2) is 0 Å². The van der Waals surface area contributed by atoms with E-state index in [2.05, 4.69) is 55.1 Å². The van der Waals surface area contributed by atoms with E-state index in [0.29, 0.717) is 6.54 Å². The quantitative estimate of drug-likeness (QED) is 0.754. The summed E-state index contributed by atoms with van der Waals surface area (Å²) in [7, 11) is 0. The van der Waals surface area contributed by atoms with Crippen molar-refractivity contribution in [1.29, 1.82) is 0 Å². The zero-order valence-electron chi connectivity index (χ0n) is 13.1. The van der Waals surface area contributed by atoms with Gasteiger partial charge < -0.3 is 4.74 Å². The third-order valence-electron chi connectivity index (χ3n) is 4.41. The summed E-state index contributed by atoms with van der Waals surface area (Å²) in [6, 6.07) is 18.6. The molecule has 116 valence electrons. The maximum atomic E-state index is 7.02. The summed E-state index contributed by atoms with van der Waals surface area (Å²) in [5.41, 5.74) is 2.38. The van der Waals surface area contributed by atoms with Crippen LogP contribution < -0.4 is 4.74 Å². The van der Waals surface area contributed by atoms with Crippen LogP contribution in [0, 0.1) is 0 Å². The molecule has 0 spiro atoms. The Balaban J connectivity index is 2.03. The van der Waals surface area contributed by atoms with Gasteiger partial charge in [-0.1, -0.05) is 74.0 Å². The van der Waals surface area contributed by atoms with Crippen LogP contribution in [0.1, 0.15) is 30.9 Å². The molecule has 22 heavy (non-hydrogen) atoms. The first-order chi connectivity index (χ1) is 10.7. The summed E-state index contributed by atoms with van der Waals surface area (Å²) in [5.74, 6) is 0.950. The number of hydrogen-bond acceptors (Lipinski definition) is 2. The van der Waals surface area contributed by atoms with Crippen LogP contribution in [-0.4, -0.2) is 29.6 Å². The van der Waals surface area contributed by atoms with Crippen LogP contribution in [0.5, 0.6) is 5.75 Å². The molecule has 0 aliphatic carbocycles. The number of fused-ring (bicyclic) bond motifs is 1. The number of benzene rings is 2. The lowest BCUT2D eigenvalue weighted by Gasteiger charge is -2.33. The van der Waals surface area contributed by atoms with Crippen LogP contribution in [0.2, 0.25) is 0 Å². The molecule has 2 nitrogen and oxygen atoms in total. The van der Waals surface area contributed by atoms with E-state index in [1.807, 2.05) is 18.2 Å². The van der Waals surface area contributed by atoms with Crippen molar-refractivity contribution in [2.75, 3.05) is 19.6 Å². The average molecular weight is 316 g/mol. The number of rotatable bonds is 5. The fourth-order valence-corrected chi connectivity index (χ4v) is 3.73. The van der Waals surface area contributed by atoms with Gasteiger partial charge in [-0.3, -0.25) is 4.90 Å². The molecule has 0 saturated heterocycles. The van der Waals surface area contributed by atoms with E-state index in [0.717, 1.165) is 18.8 Å². The van der Waals surface area contributed by atoms with E-state index >= 15 is 0 Å². The Morgan fingerprint density at radius 1 is 1.00 bits per heavy atom. The Morgan fingerprint density at radius 2 is 1.64 bits per heavy atom. The van der Waals surface area contributed by atoms with E-state index in [1.54, 1.807) is 0 Å². The van der Waals surface area contributed by atoms with Crippen molar-refractivity contribution in [3.8, 4) is 5.75 Å². The minimum absolute atomic E-state index is 0.0483. The first-order valence-electron chi connectivity index (χ1n) is 7.92. The molecule has 2 unspecified atom stereocenters. The van der Waals surface area contributed by atoms with Gasteiger partial charge in [0.2, 0.25) is 5.06 Å². The van der Waals surface area contributed by atoms with Crippen molar-refractivity contribution in [1.82, 2.24) is 4.90 Å². The Labute approximate surface area is 137 Å². The molecule has 0 bridgehead atoms. The van der Waals surface area contributed by atoms with Gasteiger partial charge >= 0.3 is 0 Å². The first kappa shape index (κ1) is 15.4. The van der Waals surface area contributed by atoms with Gasteiger partial charge in [0.15, 0.2) is 0 Å². The zero-order valence-corrected chi connectivity index (χ0v) is 13.9. The molecule has 3 rings (SSSR count). The Hall–Kier alpha value is -1.51. The van der Waals surface area contributed by atoms with E-state index < -0.39 is 5.06 Å². The molecule has 0 radical (unpaired) electrons. The van der Waals surface area contributed by atoms with Crippen molar-refractivity contribution in [2.24, 2.45) is 0 Å². The number of ether oxygens (including phenoxy) is 1. The highest BCUT2D eigenvalue weighted by molar-refractivity contribution is 6.24. The fraction of sp³-hybridized carbons (Fsp3) is 0.368. The Morgan fingerprint density at radius 3 is 2.32 bits per heavy atom. The van der Waals surface area contributed by atoms with E-state index in [4.69, 9.17) is 16.3 Å². The van der Waals surface area contributed by atoms with Crippen molar-refractivity contribution >= 4 is 11.6 Å². The van der Waals surface area contributed by atoms with E-state index in [-0.39, 0.29) is 5.92 Å². The second-order valence-electron chi connectivity index (χ2n) is 5.73. The topological polar surface area (TPSA) is 12.5 Å². The van der Waals surface area contributed by atoms with Gasteiger partial charge in [0.25, 0.3) is 0 Å². The zero-order chi connectivity index (χ0) is 15.6. The number of nitrogens with zero attached hydrogens (tertiary/aromatic N) is 1. The molecular formula is C19H22ClNO. The van der Waals surface area contributed by atoms with Crippen molar-refractivity contribution in [3.63, 3.8) is 0 Å². The predicted octanol–water partition coefficient (Wildman–Crippen LogP) is 4.49. The molecule has 1 heterocycles. The molecule has 0 aromatic heterocycles. The molecule has 1 aliphatic heterocycles. The van der Waals surface area contributed by atoms with E-state index in [1.165, 1.54) is 11.1 Å². The molecule has 2 atom stereocenters. The standard InChI is InChI=1S/C19H22ClNO/c1-3-21(4-2)14-19(20)18(15-10-6-5-7-11-15)16-12-8-9-13-17(16)22-19/h5-13,18H,3-4,14H2,1-2H3. The number of para-hydroxylation sites is 1. The van der Waals surface area contributed by atoms with Crippen molar-refractivity contribution < 1.29 is 4.74 Å². The third-order valence-corrected chi connectivity index (χ3v) is 4.82. The number of hydrogen-bond donors (Lipinski definition) is 0. The van der Waals surface area contributed by atoms with Crippen LogP contribution in [0.4, 0.5) is 0 Å². The highest BCUT2D eigenvalue weighted by atomic mass is 35.5. The number of likely N-dealkylation sites (N-methyl/N-ethyl adjacent to an activating group) is 1. The molecule has 2 aromatic carbocycles. The number of alkyl halides is 1. The molecule has 0 amide bonds. The maximum Gasteiger partial charge on any atom is 0.205 e. The first-order valence-corrected chi connectivity index (χ1v) is 8.30. The maximum absolute atomic E-state index is 7.02. The monoisotopic (exact) mass is 315 g/mol. The summed E-state index contributed by atoms with van der Waals surface area (Å²) in [5, 5.41) is -0.753. The highest BCUT2D eigenvalue weighted by Gasteiger charge is 2.48. The Bertz CT molecular complexity index is 626. The Kier molecular flexibility index (Phi) is 4.42. The average Bonchev–Trinajstić information content (AvgIpc) is 2.85. The minimum Gasteiger partial charge on any atom is -0.469 e. The third kappa shape index (κ3) is 2.73. The number of halogens is 1. The van der Waals surface area contributed by atoms with Gasteiger partial charge in [0, 0.05) is 5.56 Å². The lowest BCUT2D eigenvalue weighted by atomic mass is 9.87. The lowest BCUT2D eigenvalue weighted by molar-refractivity contribution is 0.112. The summed E-state index contributed by atoms with van der Waals surface area (Å²) < 4.78 is 6.22. The van der Waals surface area contributed by atoms with Crippen LogP contribution >= 0.6 is 11.6 Å². The van der Waals surface area contributed by atoms with Gasteiger partial charge in [-0.05, 0) is 24.7 Å². The van der Waals surface area contributed by atoms with Crippen LogP contribution in [0.15, 0.2) is 54.6 Å². The van der Waals surface area contributed by atoms with Crippen molar-refractivity contribution in [2.45, 2.75) is 24.8 Å². The molecular weight excluding hydrogens is 294 g/mol. The largest absolute Gasteiger partial charge is 0.469 e. The van der Waals surface area contributed by atoms with Gasteiger partial charge in [-0.15, -0.1) is 0 Å². The summed E-state index contributed by atoms with van der Waals surface area (Å²) in [4.78, 5) is 2.31. The molecule has 1 aliphatic rings. The van der Waals surface area contributed by atoms with Crippen LogP contribution in [0.3, 0.4) is 0 Å². The fourth-order valence-electron chi connectivity index (χ4n) is 3.24. The molecule has 0 saturated carbocycles. The molecule has 3 heteroatoms. The van der Waals surface area contributed by atoms with Gasteiger partial charge in [0.1, 0.15) is 5.75 Å². The smallest absolute Gasteiger partial charge is 0.205 e. The molecule has 0 N–H and O–H groups in total. The highest BCUT2D eigenvalue weighted by Crippen LogP contribution is 2.50. The summed E-state index contributed by atoms with van der Waals surface area (Å²) in [6.45, 7) is 6.95. The second-order valence-corrected chi connectivity index (χ2v) is 6.37. The van der Waals surface area contributed by atoms with Gasteiger partial charge in [-0.2, -0.15) is 0 Å². The van der Waals surface area contributed by atoms with Crippen molar-refractivity contribution in [3.05, 3.63) is 65.7 Å². The van der Waals surface area contributed by atoms with Crippen LogP contribution in [-0.2, 0) is 0 Å². The van der Waals surface area contributed by atoms with E-state index in [9.17, 15) is 0 Å². The van der Waals surface area contributed by atoms with Crippen LogP contribution in [0.25, 0.3) is 0 Å². The van der Waals surface area contributed by atoms with Gasteiger partial charge in [0.05, 0.1) is 12.5 Å². The summed E-state index contributed by atoms with van der Waals surface area (Å²) in [6.07, 6.45) is 0. The molecule has 2 aromatic rings.